The van der Waals surface area contributed by atoms with Crippen LogP contribution in [-0.4, -0.2) is 44.3 Å². The SMILES string of the molecule is COc1cccc(N2C[C@@]34C=C[C@H](O3)C(C(=O)NCc3ccccc3OC)C4C2=O)c1. The second-order valence-corrected chi connectivity index (χ2v) is 8.06. The van der Waals surface area contributed by atoms with E-state index in [1.807, 2.05) is 60.7 Å². The lowest BCUT2D eigenvalue weighted by Crippen LogP contribution is -2.44. The number of methoxy groups -OCH3 is 2. The Morgan fingerprint density at radius 3 is 2.84 bits per heavy atom. The third kappa shape index (κ3) is 3.08. The fourth-order valence-electron chi connectivity index (χ4n) is 4.94. The number of hydrogen-bond acceptors (Lipinski definition) is 5. The molecule has 0 aromatic heterocycles. The van der Waals surface area contributed by atoms with Crippen LogP contribution in [0.4, 0.5) is 5.69 Å². The summed E-state index contributed by atoms with van der Waals surface area (Å²) in [5.41, 5.74) is 0.849. The molecule has 2 aromatic rings. The van der Waals surface area contributed by atoms with Crippen LogP contribution in [0.1, 0.15) is 5.56 Å². The first-order valence-corrected chi connectivity index (χ1v) is 10.3. The summed E-state index contributed by atoms with van der Waals surface area (Å²) in [6.07, 6.45) is 3.47. The maximum absolute atomic E-state index is 13.4. The minimum Gasteiger partial charge on any atom is -0.497 e. The fourth-order valence-corrected chi connectivity index (χ4v) is 4.94. The van der Waals surface area contributed by atoms with Gasteiger partial charge in [0.1, 0.15) is 17.1 Å². The minimum absolute atomic E-state index is 0.0995. The van der Waals surface area contributed by atoms with Crippen molar-refractivity contribution < 1.29 is 23.8 Å². The van der Waals surface area contributed by atoms with E-state index < -0.39 is 17.4 Å². The van der Waals surface area contributed by atoms with Crippen molar-refractivity contribution >= 4 is 17.5 Å². The van der Waals surface area contributed by atoms with Crippen molar-refractivity contribution in [1.29, 1.82) is 0 Å². The molecule has 2 unspecified atom stereocenters. The third-order valence-electron chi connectivity index (χ3n) is 6.41. The quantitative estimate of drug-likeness (QED) is 0.726. The normalized spacial score (nSPS) is 28.0. The molecule has 2 amide bonds. The Labute approximate surface area is 180 Å². The van der Waals surface area contributed by atoms with Crippen LogP contribution in [0.3, 0.4) is 0 Å². The predicted octanol–water partition coefficient (Wildman–Crippen LogP) is 2.31. The second-order valence-electron chi connectivity index (χ2n) is 8.06. The Hall–Kier alpha value is -3.32. The van der Waals surface area contributed by atoms with Crippen LogP contribution < -0.4 is 19.7 Å². The molecule has 3 heterocycles. The van der Waals surface area contributed by atoms with E-state index >= 15 is 0 Å². The van der Waals surface area contributed by atoms with E-state index in [0.717, 1.165) is 11.3 Å². The van der Waals surface area contributed by atoms with Crippen molar-refractivity contribution in [3.63, 3.8) is 0 Å². The Morgan fingerprint density at radius 1 is 1.19 bits per heavy atom. The van der Waals surface area contributed by atoms with Gasteiger partial charge in [0.15, 0.2) is 0 Å². The zero-order chi connectivity index (χ0) is 21.6. The summed E-state index contributed by atoms with van der Waals surface area (Å²) < 4.78 is 16.9. The van der Waals surface area contributed by atoms with E-state index in [2.05, 4.69) is 5.32 Å². The molecule has 0 saturated carbocycles. The summed E-state index contributed by atoms with van der Waals surface area (Å²) in [6.45, 7) is 0.705. The van der Waals surface area contributed by atoms with Gasteiger partial charge in [0.25, 0.3) is 0 Å². The molecular formula is C24H24N2O5. The van der Waals surface area contributed by atoms with Gasteiger partial charge < -0.3 is 24.4 Å². The molecule has 3 aliphatic heterocycles. The maximum Gasteiger partial charge on any atom is 0.234 e. The van der Waals surface area contributed by atoms with Crippen LogP contribution in [-0.2, 0) is 20.9 Å². The highest BCUT2D eigenvalue weighted by Crippen LogP contribution is 2.52. The highest BCUT2D eigenvalue weighted by atomic mass is 16.5. The minimum atomic E-state index is -0.767. The summed E-state index contributed by atoms with van der Waals surface area (Å²) >= 11 is 0. The molecule has 5 rings (SSSR count). The van der Waals surface area contributed by atoms with Crippen LogP contribution >= 0.6 is 0 Å². The Bertz CT molecular complexity index is 1070. The van der Waals surface area contributed by atoms with Crippen LogP contribution in [0.5, 0.6) is 11.5 Å². The average Bonchev–Trinajstić information content (AvgIpc) is 3.46. The lowest BCUT2D eigenvalue weighted by molar-refractivity contribution is -0.132. The second kappa shape index (κ2) is 7.42. The molecule has 0 aliphatic carbocycles. The van der Waals surface area contributed by atoms with Crippen molar-refractivity contribution in [3.05, 3.63) is 66.2 Å². The molecule has 2 fully saturated rings. The van der Waals surface area contributed by atoms with E-state index in [-0.39, 0.29) is 17.9 Å². The smallest absolute Gasteiger partial charge is 0.234 e. The van der Waals surface area contributed by atoms with Gasteiger partial charge in [-0.25, -0.2) is 0 Å². The van der Waals surface area contributed by atoms with Gasteiger partial charge in [-0.1, -0.05) is 36.4 Å². The zero-order valence-electron chi connectivity index (χ0n) is 17.4. The van der Waals surface area contributed by atoms with Crippen LogP contribution in [0.2, 0.25) is 0 Å². The van der Waals surface area contributed by atoms with Gasteiger partial charge in [0, 0.05) is 23.9 Å². The number of ether oxygens (including phenoxy) is 3. The first-order chi connectivity index (χ1) is 15.1. The number of rotatable bonds is 6. The van der Waals surface area contributed by atoms with Crippen LogP contribution in [0, 0.1) is 11.8 Å². The number of anilines is 1. The molecule has 4 atom stereocenters. The van der Waals surface area contributed by atoms with E-state index in [4.69, 9.17) is 14.2 Å². The Kier molecular flexibility index (Phi) is 4.70. The zero-order valence-corrected chi connectivity index (χ0v) is 17.4. The van der Waals surface area contributed by atoms with Gasteiger partial charge in [-0.2, -0.15) is 0 Å². The van der Waals surface area contributed by atoms with E-state index in [1.54, 1.807) is 19.1 Å². The van der Waals surface area contributed by atoms with Crippen LogP contribution in [0.25, 0.3) is 0 Å². The van der Waals surface area contributed by atoms with Gasteiger partial charge >= 0.3 is 0 Å². The number of benzene rings is 2. The number of nitrogens with one attached hydrogen (secondary N) is 1. The van der Waals surface area contributed by atoms with E-state index in [0.29, 0.717) is 24.6 Å². The molecular weight excluding hydrogens is 396 g/mol. The molecule has 1 N–H and O–H groups in total. The number of para-hydroxylation sites is 1. The molecule has 2 aromatic carbocycles. The van der Waals surface area contributed by atoms with Crippen molar-refractivity contribution in [2.75, 3.05) is 25.7 Å². The van der Waals surface area contributed by atoms with Gasteiger partial charge in [0.05, 0.1) is 38.7 Å². The molecule has 160 valence electrons. The summed E-state index contributed by atoms with van der Waals surface area (Å²) in [4.78, 5) is 28.3. The van der Waals surface area contributed by atoms with Crippen molar-refractivity contribution in [2.24, 2.45) is 11.8 Å². The summed E-state index contributed by atoms with van der Waals surface area (Å²) in [6, 6.07) is 14.9. The molecule has 3 aliphatic rings. The summed E-state index contributed by atoms with van der Waals surface area (Å²) in [5.74, 6) is -0.0177. The topological polar surface area (TPSA) is 77.1 Å². The van der Waals surface area contributed by atoms with E-state index in [9.17, 15) is 9.59 Å². The number of amides is 2. The van der Waals surface area contributed by atoms with E-state index in [1.165, 1.54) is 0 Å². The van der Waals surface area contributed by atoms with Gasteiger partial charge in [-0.3, -0.25) is 9.59 Å². The van der Waals surface area contributed by atoms with Crippen molar-refractivity contribution in [1.82, 2.24) is 5.32 Å². The van der Waals surface area contributed by atoms with Crippen LogP contribution in [0.15, 0.2) is 60.7 Å². The lowest BCUT2D eigenvalue weighted by atomic mass is 9.77. The van der Waals surface area contributed by atoms with Crippen molar-refractivity contribution in [3.8, 4) is 11.5 Å². The fraction of sp³-hybridized carbons (Fsp3) is 0.333. The highest BCUT2D eigenvalue weighted by molar-refractivity contribution is 6.03. The molecule has 0 radical (unpaired) electrons. The van der Waals surface area contributed by atoms with Crippen molar-refractivity contribution in [2.45, 2.75) is 18.2 Å². The molecule has 2 bridgehead atoms. The Morgan fingerprint density at radius 2 is 2.03 bits per heavy atom. The molecule has 7 heteroatoms. The average molecular weight is 420 g/mol. The largest absolute Gasteiger partial charge is 0.497 e. The monoisotopic (exact) mass is 420 g/mol. The number of carbonyl (C=O) groups is 2. The number of carbonyl (C=O) groups excluding carboxylic acids is 2. The predicted molar refractivity (Wildman–Crippen MR) is 114 cm³/mol. The summed E-state index contributed by atoms with van der Waals surface area (Å²) in [5, 5.41) is 2.98. The molecule has 1 spiro atoms. The number of nitrogens with zero attached hydrogens (tertiary/aromatic N) is 1. The Balaban J connectivity index is 1.37. The first kappa shape index (κ1) is 19.6. The molecule has 31 heavy (non-hydrogen) atoms. The standard InChI is InChI=1S/C24H24N2O5/c1-29-17-8-5-7-16(12-17)26-14-24-11-10-19(31-24)20(21(24)23(26)28)22(27)25-13-15-6-3-4-9-18(15)30-2/h3-12,19-21H,13-14H2,1-2H3,(H,25,27)/t19-,20?,21?,24+/m0/s1. The summed E-state index contributed by atoms with van der Waals surface area (Å²) in [7, 11) is 3.19. The van der Waals surface area contributed by atoms with Gasteiger partial charge in [-0.15, -0.1) is 0 Å². The molecule has 2 saturated heterocycles. The maximum atomic E-state index is 13.4. The molecule has 7 nitrogen and oxygen atoms in total. The lowest BCUT2D eigenvalue weighted by Gasteiger charge is -2.23. The number of hydrogen-bond donors (Lipinski definition) is 1. The number of fused-ring (bicyclic) bond motifs is 1. The van der Waals surface area contributed by atoms with Gasteiger partial charge in [-0.05, 0) is 18.2 Å². The van der Waals surface area contributed by atoms with Gasteiger partial charge in [0.2, 0.25) is 11.8 Å². The third-order valence-corrected chi connectivity index (χ3v) is 6.41. The highest BCUT2D eigenvalue weighted by Gasteiger charge is 2.67. The first-order valence-electron chi connectivity index (χ1n) is 10.3.